The molecule has 0 radical (unpaired) electrons. The van der Waals surface area contributed by atoms with E-state index in [1.807, 2.05) is 72.8 Å². The third-order valence-corrected chi connectivity index (χ3v) is 8.31. The van der Waals surface area contributed by atoms with E-state index in [-0.39, 0.29) is 36.2 Å². The van der Waals surface area contributed by atoms with Gasteiger partial charge in [0.25, 0.3) is 11.8 Å². The molecular weight excluding hydrogens is 699 g/mol. The first kappa shape index (κ1) is 37.6. The Hall–Kier alpha value is -5.66. The van der Waals surface area contributed by atoms with Crippen LogP contribution >= 0.6 is 24.8 Å². The average molecular weight is 738 g/mol. The van der Waals surface area contributed by atoms with Crippen LogP contribution in [0.5, 0.6) is 0 Å². The SMILES string of the molecule is Cl.Cl.NCCCNc1cc(C(=O)Nc2cnc3ccccc3c2)nc2c1ccc1c(NCCCN)cc(C(=O)Nc3cnc4ccccc4c3)nc12. The number of benzene rings is 3. The average Bonchev–Trinajstić information content (AvgIpc) is 3.14. The molecule has 0 atom stereocenters. The van der Waals surface area contributed by atoms with Gasteiger partial charge in [0.2, 0.25) is 0 Å². The Morgan fingerprint density at radius 2 is 1.00 bits per heavy atom. The maximum Gasteiger partial charge on any atom is 0.274 e. The number of para-hydroxylation sites is 2. The Labute approximate surface area is 312 Å². The summed E-state index contributed by atoms with van der Waals surface area (Å²) >= 11 is 0. The Morgan fingerprint density at radius 3 is 1.42 bits per heavy atom. The van der Waals surface area contributed by atoms with Crippen LogP contribution in [-0.2, 0) is 0 Å². The summed E-state index contributed by atoms with van der Waals surface area (Å²) in [5, 5.41) is 16.0. The lowest BCUT2D eigenvalue weighted by Crippen LogP contribution is -2.17. The molecule has 0 fully saturated rings. The molecule has 0 spiro atoms. The minimum atomic E-state index is -0.415. The first-order chi connectivity index (χ1) is 24.5. The summed E-state index contributed by atoms with van der Waals surface area (Å²) in [6.07, 6.45) is 4.69. The molecular formula is C38H38Cl2N10O2. The number of pyridine rings is 4. The summed E-state index contributed by atoms with van der Waals surface area (Å²) in [6, 6.07) is 26.4. The number of aromatic nitrogens is 4. The fourth-order valence-corrected chi connectivity index (χ4v) is 5.82. The van der Waals surface area contributed by atoms with Gasteiger partial charge in [-0.2, -0.15) is 0 Å². The molecule has 12 nitrogen and oxygen atoms in total. The Morgan fingerprint density at radius 1 is 0.577 bits per heavy atom. The standard InChI is InChI=1S/C38H36N10O2.2ClH/c39-13-5-15-41-31-19-33(37(49)45-25-17-23-7-1-3-9-29(23)43-21-25)47-35-27(31)11-12-28-32(42-16-6-14-40)20-34(48-36(28)35)38(50)46-26-18-24-8-2-4-10-30(24)44-22-26;;/h1-4,7-12,17-22H,5-6,13-16,39-40H2,(H,41,47)(H,42,48)(H,45,49)(H,46,50);2*1H. The van der Waals surface area contributed by atoms with Crippen molar-refractivity contribution in [3.05, 3.63) is 109 Å². The van der Waals surface area contributed by atoms with Crippen molar-refractivity contribution in [2.24, 2.45) is 11.5 Å². The van der Waals surface area contributed by atoms with Crippen LogP contribution in [0.1, 0.15) is 33.8 Å². The molecule has 3 aromatic carbocycles. The van der Waals surface area contributed by atoms with Crippen molar-refractivity contribution in [1.82, 2.24) is 19.9 Å². The van der Waals surface area contributed by atoms with Gasteiger partial charge in [-0.1, -0.05) is 36.4 Å². The number of amides is 2. The molecule has 0 aliphatic rings. The minimum Gasteiger partial charge on any atom is -0.384 e. The predicted octanol–water partition coefficient (Wildman–Crippen LogP) is 6.75. The van der Waals surface area contributed by atoms with Crippen LogP contribution in [0.2, 0.25) is 0 Å². The molecule has 52 heavy (non-hydrogen) atoms. The number of anilines is 4. The quantitative estimate of drug-likeness (QED) is 0.0579. The number of rotatable bonds is 12. The van der Waals surface area contributed by atoms with Crippen LogP contribution < -0.4 is 32.7 Å². The fourth-order valence-electron chi connectivity index (χ4n) is 5.82. The van der Waals surface area contributed by atoms with E-state index in [0.717, 1.165) is 45.4 Å². The van der Waals surface area contributed by atoms with Crippen LogP contribution in [0.4, 0.5) is 22.7 Å². The number of hydrogen-bond donors (Lipinski definition) is 6. The Kier molecular flexibility index (Phi) is 12.3. The predicted molar refractivity (Wildman–Crippen MR) is 215 cm³/mol. The lowest BCUT2D eigenvalue weighted by Gasteiger charge is -2.16. The zero-order valence-corrected chi connectivity index (χ0v) is 29.7. The first-order valence-corrected chi connectivity index (χ1v) is 16.5. The van der Waals surface area contributed by atoms with Crippen molar-refractivity contribution < 1.29 is 9.59 Å². The van der Waals surface area contributed by atoms with Gasteiger partial charge < -0.3 is 32.7 Å². The van der Waals surface area contributed by atoms with Gasteiger partial charge in [0, 0.05) is 46.0 Å². The molecule has 0 bridgehead atoms. The number of hydrogen-bond acceptors (Lipinski definition) is 10. The summed E-state index contributed by atoms with van der Waals surface area (Å²) in [6.45, 7) is 2.19. The van der Waals surface area contributed by atoms with E-state index in [1.54, 1.807) is 24.5 Å². The third-order valence-electron chi connectivity index (χ3n) is 8.31. The van der Waals surface area contributed by atoms with Gasteiger partial charge in [0.15, 0.2) is 0 Å². The summed E-state index contributed by atoms with van der Waals surface area (Å²) in [7, 11) is 0. The van der Waals surface area contributed by atoms with Crippen LogP contribution in [0.25, 0.3) is 43.6 Å². The number of nitrogens with two attached hydrogens (primary N) is 2. The molecule has 0 aliphatic heterocycles. The summed E-state index contributed by atoms with van der Waals surface area (Å²) in [5.74, 6) is -0.830. The van der Waals surface area contributed by atoms with Crippen LogP contribution in [0, 0.1) is 0 Å². The topological polar surface area (TPSA) is 186 Å². The lowest BCUT2D eigenvalue weighted by atomic mass is 10.1. The number of nitrogens with one attached hydrogen (secondary N) is 4. The van der Waals surface area contributed by atoms with Crippen LogP contribution in [0.3, 0.4) is 0 Å². The smallest absolute Gasteiger partial charge is 0.274 e. The molecule has 4 aromatic heterocycles. The molecule has 0 saturated heterocycles. The highest BCUT2D eigenvalue weighted by Crippen LogP contribution is 2.33. The van der Waals surface area contributed by atoms with Gasteiger partial charge in [-0.25, -0.2) is 9.97 Å². The Balaban J connectivity index is 0.00000261. The first-order valence-electron chi connectivity index (χ1n) is 16.5. The molecule has 7 rings (SSSR count). The van der Waals surface area contributed by atoms with E-state index in [9.17, 15) is 9.59 Å². The van der Waals surface area contributed by atoms with Gasteiger partial charge in [0.1, 0.15) is 11.4 Å². The number of fused-ring (bicyclic) bond motifs is 5. The second-order valence-electron chi connectivity index (χ2n) is 11.8. The second kappa shape index (κ2) is 17.0. The number of carbonyl (C=O) groups excluding carboxylic acids is 2. The van der Waals surface area contributed by atoms with E-state index < -0.39 is 11.8 Å². The fraction of sp³-hybridized carbons (Fsp3) is 0.158. The van der Waals surface area contributed by atoms with Crippen molar-refractivity contribution >= 4 is 103 Å². The maximum atomic E-state index is 13.8. The monoisotopic (exact) mass is 736 g/mol. The molecule has 4 heterocycles. The van der Waals surface area contributed by atoms with Crippen LogP contribution in [-0.4, -0.2) is 57.9 Å². The summed E-state index contributed by atoms with van der Waals surface area (Å²) in [4.78, 5) is 46.2. The van der Waals surface area contributed by atoms with Crippen molar-refractivity contribution in [2.45, 2.75) is 12.8 Å². The highest BCUT2D eigenvalue weighted by atomic mass is 35.5. The minimum absolute atomic E-state index is 0. The van der Waals surface area contributed by atoms with E-state index in [2.05, 4.69) is 31.2 Å². The van der Waals surface area contributed by atoms with E-state index in [4.69, 9.17) is 21.4 Å². The van der Waals surface area contributed by atoms with Crippen molar-refractivity contribution in [2.75, 3.05) is 47.4 Å². The van der Waals surface area contributed by atoms with Crippen molar-refractivity contribution in [3.63, 3.8) is 0 Å². The van der Waals surface area contributed by atoms with Gasteiger partial charge >= 0.3 is 0 Å². The van der Waals surface area contributed by atoms with Crippen LogP contribution in [0.15, 0.2) is 97.3 Å². The molecule has 266 valence electrons. The lowest BCUT2D eigenvalue weighted by molar-refractivity contribution is 0.101. The molecule has 0 aliphatic carbocycles. The maximum absolute atomic E-state index is 13.8. The molecule has 0 saturated carbocycles. The molecule has 7 aromatic rings. The third kappa shape index (κ3) is 8.11. The highest BCUT2D eigenvalue weighted by molar-refractivity contribution is 6.15. The second-order valence-corrected chi connectivity index (χ2v) is 11.8. The van der Waals surface area contributed by atoms with Gasteiger partial charge in [-0.3, -0.25) is 19.6 Å². The number of carbonyl (C=O) groups is 2. The van der Waals surface area contributed by atoms with Crippen molar-refractivity contribution in [1.29, 1.82) is 0 Å². The Bertz CT molecular complexity index is 2230. The summed E-state index contributed by atoms with van der Waals surface area (Å²) < 4.78 is 0. The molecule has 14 heteroatoms. The number of halogens is 2. The normalized spacial score (nSPS) is 10.8. The van der Waals surface area contributed by atoms with E-state index in [0.29, 0.717) is 60.0 Å². The van der Waals surface area contributed by atoms with Gasteiger partial charge in [-0.15, -0.1) is 24.8 Å². The molecule has 2 amide bonds. The summed E-state index contributed by atoms with van der Waals surface area (Å²) in [5.41, 5.74) is 17.0. The van der Waals surface area contributed by atoms with Gasteiger partial charge in [-0.05, 0) is 74.5 Å². The van der Waals surface area contributed by atoms with E-state index >= 15 is 0 Å². The number of nitrogens with zero attached hydrogens (tertiary/aromatic N) is 4. The zero-order valence-electron chi connectivity index (χ0n) is 28.1. The molecule has 8 N–H and O–H groups in total. The zero-order chi connectivity index (χ0) is 34.5. The largest absolute Gasteiger partial charge is 0.384 e. The molecule has 0 unspecified atom stereocenters. The highest BCUT2D eigenvalue weighted by Gasteiger charge is 2.19. The van der Waals surface area contributed by atoms with Crippen molar-refractivity contribution in [3.8, 4) is 0 Å². The van der Waals surface area contributed by atoms with E-state index in [1.165, 1.54) is 0 Å². The van der Waals surface area contributed by atoms with Gasteiger partial charge in [0.05, 0.1) is 45.8 Å².